The van der Waals surface area contributed by atoms with E-state index in [0.717, 1.165) is 50.3 Å². The Hall–Kier alpha value is -2.93. The predicted octanol–water partition coefficient (Wildman–Crippen LogP) is 2.05. The lowest BCUT2D eigenvalue weighted by Crippen LogP contribution is -2.50. The molecule has 1 amide bonds. The smallest absolute Gasteiger partial charge is 0.262 e. The Bertz CT molecular complexity index is 1060. The summed E-state index contributed by atoms with van der Waals surface area (Å²) in [7, 11) is 0. The normalized spacial score (nSPS) is 15.2. The third-order valence-corrected chi connectivity index (χ3v) is 5.55. The number of aryl methyl sites for hydroxylation is 1. The summed E-state index contributed by atoms with van der Waals surface area (Å²) in [6.07, 6.45) is 2.83. The van der Waals surface area contributed by atoms with Gasteiger partial charge in [-0.2, -0.15) is 5.10 Å². The Morgan fingerprint density at radius 1 is 1.07 bits per heavy atom. The summed E-state index contributed by atoms with van der Waals surface area (Å²) in [5.41, 5.74) is 2.17. The van der Waals surface area contributed by atoms with E-state index in [9.17, 15) is 9.59 Å². The van der Waals surface area contributed by atoms with Crippen LogP contribution in [0.25, 0.3) is 16.6 Å². The molecular formula is C22H27N5O2. The number of fused-ring (bicyclic) bond motifs is 1. The molecule has 3 aromatic rings. The van der Waals surface area contributed by atoms with Crippen LogP contribution in [0.5, 0.6) is 0 Å². The van der Waals surface area contributed by atoms with E-state index in [1.807, 2.05) is 48.2 Å². The van der Waals surface area contributed by atoms with E-state index in [-0.39, 0.29) is 18.0 Å². The number of benzene rings is 1. The van der Waals surface area contributed by atoms with E-state index >= 15 is 0 Å². The largest absolute Gasteiger partial charge is 0.339 e. The fourth-order valence-electron chi connectivity index (χ4n) is 4.01. The van der Waals surface area contributed by atoms with Gasteiger partial charge in [0.1, 0.15) is 6.54 Å². The van der Waals surface area contributed by atoms with Crippen LogP contribution in [0.3, 0.4) is 0 Å². The summed E-state index contributed by atoms with van der Waals surface area (Å²) in [6.45, 7) is 8.39. The highest BCUT2D eigenvalue weighted by Gasteiger charge is 2.22. The van der Waals surface area contributed by atoms with Crippen LogP contribution in [0.15, 0.2) is 47.4 Å². The number of nitrogens with zero attached hydrogens (tertiary/aromatic N) is 5. The summed E-state index contributed by atoms with van der Waals surface area (Å²) in [5.74, 6) is -0.00398. The Balaban J connectivity index is 1.57. The summed E-state index contributed by atoms with van der Waals surface area (Å²) in [6, 6.07) is 11.6. The molecule has 7 heteroatoms. The van der Waals surface area contributed by atoms with Gasteiger partial charge in [0.15, 0.2) is 0 Å². The van der Waals surface area contributed by atoms with Crippen LogP contribution in [0, 0.1) is 6.92 Å². The number of aromatic nitrogens is 3. The zero-order valence-electron chi connectivity index (χ0n) is 17.0. The van der Waals surface area contributed by atoms with Gasteiger partial charge in [-0.3, -0.25) is 14.5 Å². The third-order valence-electron chi connectivity index (χ3n) is 5.55. The average molecular weight is 393 g/mol. The Morgan fingerprint density at radius 3 is 2.48 bits per heavy atom. The molecule has 0 saturated carbocycles. The van der Waals surface area contributed by atoms with Crippen LogP contribution in [0.1, 0.15) is 19.0 Å². The van der Waals surface area contributed by atoms with E-state index in [0.29, 0.717) is 11.1 Å². The Labute approximate surface area is 170 Å². The topological polar surface area (TPSA) is 63.4 Å². The molecular weight excluding hydrogens is 366 g/mol. The van der Waals surface area contributed by atoms with Gasteiger partial charge >= 0.3 is 0 Å². The van der Waals surface area contributed by atoms with Crippen LogP contribution in [0.4, 0.5) is 0 Å². The van der Waals surface area contributed by atoms with Crippen molar-refractivity contribution in [3.8, 4) is 5.69 Å². The second-order valence-corrected chi connectivity index (χ2v) is 7.56. The molecule has 0 atom stereocenters. The maximum atomic E-state index is 13.1. The van der Waals surface area contributed by atoms with E-state index in [2.05, 4.69) is 16.9 Å². The fraction of sp³-hybridized carbons (Fsp3) is 0.409. The van der Waals surface area contributed by atoms with Gasteiger partial charge in [-0.15, -0.1) is 0 Å². The van der Waals surface area contributed by atoms with E-state index < -0.39 is 0 Å². The van der Waals surface area contributed by atoms with Crippen molar-refractivity contribution in [2.24, 2.45) is 0 Å². The zero-order chi connectivity index (χ0) is 20.4. The highest BCUT2D eigenvalue weighted by molar-refractivity contribution is 5.83. The Kier molecular flexibility index (Phi) is 5.49. The van der Waals surface area contributed by atoms with Gasteiger partial charge in [-0.25, -0.2) is 4.68 Å². The molecule has 2 aromatic heterocycles. The lowest BCUT2D eigenvalue weighted by Gasteiger charge is -2.34. The van der Waals surface area contributed by atoms with Crippen molar-refractivity contribution in [2.75, 3.05) is 32.7 Å². The minimum Gasteiger partial charge on any atom is -0.339 e. The molecule has 1 aliphatic heterocycles. The fourth-order valence-corrected chi connectivity index (χ4v) is 4.01. The predicted molar refractivity (Wildman–Crippen MR) is 113 cm³/mol. The molecule has 152 valence electrons. The maximum absolute atomic E-state index is 13.1. The first kappa shape index (κ1) is 19.4. The second kappa shape index (κ2) is 8.21. The van der Waals surface area contributed by atoms with Gasteiger partial charge < -0.3 is 9.47 Å². The standard InChI is InChI=1S/C22H27N5O2/c1-3-10-24-12-14-25(15-13-24)20(28)16-26-11-9-19-21(22(26)29)17(2)23-27(19)18-7-5-4-6-8-18/h4-9,11H,3,10,12-16H2,1-2H3. The van der Waals surface area contributed by atoms with E-state index in [1.165, 1.54) is 4.57 Å². The number of hydrogen-bond donors (Lipinski definition) is 0. The summed E-state index contributed by atoms with van der Waals surface area (Å²) in [5, 5.41) is 5.13. The number of rotatable bonds is 5. The van der Waals surface area contributed by atoms with Gasteiger partial charge in [0, 0.05) is 32.4 Å². The molecule has 0 N–H and O–H groups in total. The number of carbonyl (C=O) groups excluding carboxylic acids is 1. The molecule has 0 spiro atoms. The number of hydrogen-bond acceptors (Lipinski definition) is 4. The van der Waals surface area contributed by atoms with Crippen LogP contribution < -0.4 is 5.56 Å². The molecule has 0 radical (unpaired) electrons. The van der Waals surface area contributed by atoms with Crippen LogP contribution in [-0.4, -0.2) is 62.8 Å². The molecule has 4 rings (SSSR count). The first-order chi connectivity index (χ1) is 14.1. The van der Waals surface area contributed by atoms with Crippen molar-refractivity contribution in [3.63, 3.8) is 0 Å². The molecule has 29 heavy (non-hydrogen) atoms. The molecule has 1 fully saturated rings. The van der Waals surface area contributed by atoms with Gasteiger partial charge in [0.2, 0.25) is 5.91 Å². The molecule has 3 heterocycles. The average Bonchev–Trinajstić information content (AvgIpc) is 3.08. The van der Waals surface area contributed by atoms with Crippen molar-refractivity contribution < 1.29 is 4.79 Å². The van der Waals surface area contributed by atoms with E-state index in [4.69, 9.17) is 0 Å². The van der Waals surface area contributed by atoms with Crippen LogP contribution in [-0.2, 0) is 11.3 Å². The van der Waals surface area contributed by atoms with Crippen molar-refractivity contribution in [1.82, 2.24) is 24.1 Å². The lowest BCUT2D eigenvalue weighted by atomic mass is 10.2. The molecule has 0 unspecified atom stereocenters. The molecule has 1 saturated heterocycles. The zero-order valence-corrected chi connectivity index (χ0v) is 17.0. The number of pyridine rings is 1. The summed E-state index contributed by atoms with van der Waals surface area (Å²) >= 11 is 0. The number of carbonyl (C=O) groups is 1. The van der Waals surface area contributed by atoms with Gasteiger partial charge in [0.05, 0.1) is 22.3 Å². The molecule has 0 aliphatic carbocycles. The monoisotopic (exact) mass is 393 g/mol. The minimum atomic E-state index is -0.167. The lowest BCUT2D eigenvalue weighted by molar-refractivity contribution is -0.133. The molecule has 7 nitrogen and oxygen atoms in total. The molecule has 1 aromatic carbocycles. The summed E-state index contributed by atoms with van der Waals surface area (Å²) < 4.78 is 3.29. The van der Waals surface area contributed by atoms with Crippen molar-refractivity contribution in [2.45, 2.75) is 26.8 Å². The van der Waals surface area contributed by atoms with Crippen molar-refractivity contribution in [3.05, 3.63) is 58.6 Å². The van der Waals surface area contributed by atoms with Crippen LogP contribution >= 0.6 is 0 Å². The number of amides is 1. The SMILES string of the molecule is CCCN1CCN(C(=O)Cn2ccc3c(c(C)nn3-c3ccccc3)c2=O)CC1. The first-order valence-corrected chi connectivity index (χ1v) is 10.2. The quantitative estimate of drug-likeness (QED) is 0.666. The maximum Gasteiger partial charge on any atom is 0.262 e. The van der Waals surface area contributed by atoms with Gasteiger partial charge in [-0.05, 0) is 38.1 Å². The molecule has 0 bridgehead atoms. The van der Waals surface area contributed by atoms with Gasteiger partial charge in [-0.1, -0.05) is 25.1 Å². The van der Waals surface area contributed by atoms with Crippen molar-refractivity contribution >= 4 is 16.8 Å². The number of para-hydroxylation sites is 1. The van der Waals surface area contributed by atoms with Gasteiger partial charge in [0.25, 0.3) is 5.56 Å². The van der Waals surface area contributed by atoms with Crippen LogP contribution in [0.2, 0.25) is 0 Å². The second-order valence-electron chi connectivity index (χ2n) is 7.56. The minimum absolute atomic E-state index is 0.00398. The van der Waals surface area contributed by atoms with E-state index in [1.54, 1.807) is 10.9 Å². The highest BCUT2D eigenvalue weighted by Crippen LogP contribution is 2.18. The third kappa shape index (κ3) is 3.82. The Morgan fingerprint density at radius 2 is 1.79 bits per heavy atom. The first-order valence-electron chi connectivity index (χ1n) is 10.2. The molecule has 1 aliphatic rings. The summed E-state index contributed by atoms with van der Waals surface area (Å²) in [4.78, 5) is 30.1. The number of piperazine rings is 1. The van der Waals surface area contributed by atoms with Crippen molar-refractivity contribution in [1.29, 1.82) is 0 Å². The highest BCUT2D eigenvalue weighted by atomic mass is 16.2.